The number of hydrogen-bond acceptors (Lipinski definition) is 2. The monoisotopic (exact) mass is 257 g/mol. The number of benzene rings is 1. The number of nitrogens with two attached hydrogens (primary N) is 1. The topological polar surface area (TPSA) is 26.0 Å². The molecule has 1 aromatic heterocycles. The molecule has 0 amide bonds. The largest absolute Gasteiger partial charge is 0.320 e. The molecule has 2 rings (SSSR count). The molecule has 0 fully saturated rings. The molecule has 1 heterocycles. The zero-order valence-corrected chi connectivity index (χ0v) is 10.1. The molecule has 0 aliphatic heterocycles. The molecule has 0 bridgehead atoms. The van der Waals surface area contributed by atoms with E-state index >= 15 is 0 Å². The molecule has 0 aliphatic rings. The fourth-order valence-electron chi connectivity index (χ4n) is 1.39. The third kappa shape index (κ3) is 2.18. The van der Waals surface area contributed by atoms with Crippen molar-refractivity contribution in [2.45, 2.75) is 6.04 Å². The Hall–Kier alpha value is -0.540. The number of thiophene rings is 1. The second-order valence-electron chi connectivity index (χ2n) is 3.18. The summed E-state index contributed by atoms with van der Waals surface area (Å²) >= 11 is 13.6. The number of hydrogen-bond donors (Lipinski definition) is 1. The fraction of sp³-hybridized carbons (Fsp3) is 0.0909. The molecule has 4 heteroatoms. The van der Waals surface area contributed by atoms with Crippen molar-refractivity contribution >= 4 is 34.5 Å². The van der Waals surface area contributed by atoms with E-state index in [1.807, 2.05) is 29.0 Å². The maximum Gasteiger partial charge on any atom is 0.0643 e. The minimum atomic E-state index is -0.206. The minimum absolute atomic E-state index is 0.206. The highest BCUT2D eigenvalue weighted by molar-refractivity contribution is 7.08. The van der Waals surface area contributed by atoms with Crippen LogP contribution < -0.4 is 5.73 Å². The Morgan fingerprint density at radius 1 is 1.20 bits per heavy atom. The van der Waals surface area contributed by atoms with Gasteiger partial charge in [-0.2, -0.15) is 11.3 Å². The molecular formula is C11H9Cl2NS. The highest BCUT2D eigenvalue weighted by Gasteiger charge is 2.14. The quantitative estimate of drug-likeness (QED) is 0.862. The van der Waals surface area contributed by atoms with Gasteiger partial charge in [0.2, 0.25) is 0 Å². The van der Waals surface area contributed by atoms with Gasteiger partial charge in [0.1, 0.15) is 0 Å². The van der Waals surface area contributed by atoms with Crippen molar-refractivity contribution < 1.29 is 0 Å². The lowest BCUT2D eigenvalue weighted by Crippen LogP contribution is -2.11. The van der Waals surface area contributed by atoms with E-state index in [0.717, 1.165) is 11.1 Å². The molecule has 15 heavy (non-hydrogen) atoms. The summed E-state index contributed by atoms with van der Waals surface area (Å²) in [7, 11) is 0. The van der Waals surface area contributed by atoms with Crippen LogP contribution in [0.1, 0.15) is 17.2 Å². The summed E-state index contributed by atoms with van der Waals surface area (Å²) in [6.07, 6.45) is 0. The lowest BCUT2D eigenvalue weighted by atomic mass is 10.0. The second kappa shape index (κ2) is 4.54. The predicted octanol–water partition coefficient (Wildman–Crippen LogP) is 4.10. The van der Waals surface area contributed by atoms with Crippen molar-refractivity contribution in [1.29, 1.82) is 0 Å². The summed E-state index contributed by atoms with van der Waals surface area (Å²) in [5.41, 5.74) is 8.02. The Balaban J connectivity index is 2.42. The zero-order valence-electron chi connectivity index (χ0n) is 7.78. The van der Waals surface area contributed by atoms with Gasteiger partial charge in [-0.05, 0) is 34.0 Å². The molecule has 0 spiro atoms. The van der Waals surface area contributed by atoms with Crippen molar-refractivity contribution in [3.8, 4) is 0 Å². The summed E-state index contributed by atoms with van der Waals surface area (Å²) in [5, 5.41) is 5.09. The first-order valence-electron chi connectivity index (χ1n) is 4.41. The SMILES string of the molecule is N[C@@H](c1ccsc1)c1cccc(Cl)c1Cl. The maximum absolute atomic E-state index is 6.10. The summed E-state index contributed by atoms with van der Waals surface area (Å²) in [4.78, 5) is 0. The summed E-state index contributed by atoms with van der Waals surface area (Å²) < 4.78 is 0. The van der Waals surface area contributed by atoms with Crippen LogP contribution in [0.15, 0.2) is 35.0 Å². The minimum Gasteiger partial charge on any atom is -0.320 e. The van der Waals surface area contributed by atoms with Crippen LogP contribution in [0.4, 0.5) is 0 Å². The summed E-state index contributed by atoms with van der Waals surface area (Å²) in [5.74, 6) is 0. The van der Waals surface area contributed by atoms with Crippen molar-refractivity contribution in [3.05, 3.63) is 56.2 Å². The highest BCUT2D eigenvalue weighted by Crippen LogP contribution is 2.32. The van der Waals surface area contributed by atoms with Crippen molar-refractivity contribution in [2.24, 2.45) is 5.73 Å². The average molecular weight is 258 g/mol. The maximum atomic E-state index is 6.10. The average Bonchev–Trinajstić information content (AvgIpc) is 2.74. The molecule has 2 N–H and O–H groups in total. The normalized spacial score (nSPS) is 12.7. The van der Waals surface area contributed by atoms with Gasteiger partial charge in [0.25, 0.3) is 0 Å². The van der Waals surface area contributed by atoms with Crippen LogP contribution in [0, 0.1) is 0 Å². The first kappa shape index (κ1) is 11.0. The van der Waals surface area contributed by atoms with Crippen molar-refractivity contribution in [2.75, 3.05) is 0 Å². The summed E-state index contributed by atoms with van der Waals surface area (Å²) in [6, 6.07) is 7.30. The first-order valence-corrected chi connectivity index (χ1v) is 6.11. The van der Waals surface area contributed by atoms with Crippen molar-refractivity contribution in [1.82, 2.24) is 0 Å². The Kier molecular flexibility index (Phi) is 3.32. The molecule has 0 radical (unpaired) electrons. The molecule has 0 aliphatic carbocycles. The standard InChI is InChI=1S/C11H9Cl2NS/c12-9-3-1-2-8(10(9)13)11(14)7-4-5-15-6-7/h1-6,11H,14H2/t11-/m0/s1. The fourth-order valence-corrected chi connectivity index (χ4v) is 2.51. The van der Waals surface area contributed by atoms with E-state index in [2.05, 4.69) is 0 Å². The highest BCUT2D eigenvalue weighted by atomic mass is 35.5. The van der Waals surface area contributed by atoms with Gasteiger partial charge in [-0.3, -0.25) is 0 Å². The smallest absolute Gasteiger partial charge is 0.0643 e. The lowest BCUT2D eigenvalue weighted by Gasteiger charge is -2.12. The molecule has 0 saturated heterocycles. The van der Waals surface area contributed by atoms with Crippen LogP contribution >= 0.6 is 34.5 Å². The third-order valence-electron chi connectivity index (χ3n) is 2.22. The van der Waals surface area contributed by atoms with E-state index in [0.29, 0.717) is 10.0 Å². The zero-order chi connectivity index (χ0) is 10.8. The van der Waals surface area contributed by atoms with E-state index in [9.17, 15) is 0 Å². The summed E-state index contributed by atoms with van der Waals surface area (Å²) in [6.45, 7) is 0. The first-order chi connectivity index (χ1) is 7.20. The van der Waals surface area contributed by atoms with Gasteiger partial charge in [-0.1, -0.05) is 35.3 Å². The van der Waals surface area contributed by atoms with Crippen LogP contribution in [-0.4, -0.2) is 0 Å². The van der Waals surface area contributed by atoms with Crippen LogP contribution in [0.2, 0.25) is 10.0 Å². The van der Waals surface area contributed by atoms with Gasteiger partial charge in [-0.25, -0.2) is 0 Å². The van der Waals surface area contributed by atoms with Gasteiger partial charge in [-0.15, -0.1) is 0 Å². The van der Waals surface area contributed by atoms with E-state index in [1.165, 1.54) is 0 Å². The van der Waals surface area contributed by atoms with Gasteiger partial charge < -0.3 is 5.73 Å². The molecule has 0 saturated carbocycles. The van der Waals surface area contributed by atoms with Crippen LogP contribution in [0.25, 0.3) is 0 Å². The van der Waals surface area contributed by atoms with E-state index in [1.54, 1.807) is 17.4 Å². The molecular weight excluding hydrogens is 249 g/mol. The second-order valence-corrected chi connectivity index (χ2v) is 4.74. The van der Waals surface area contributed by atoms with Gasteiger partial charge >= 0.3 is 0 Å². The van der Waals surface area contributed by atoms with E-state index in [4.69, 9.17) is 28.9 Å². The molecule has 1 aromatic carbocycles. The Morgan fingerprint density at radius 2 is 2.00 bits per heavy atom. The van der Waals surface area contributed by atoms with Crippen molar-refractivity contribution in [3.63, 3.8) is 0 Å². The van der Waals surface area contributed by atoms with Gasteiger partial charge in [0, 0.05) is 0 Å². The Bertz CT molecular complexity index is 454. The molecule has 1 nitrogen and oxygen atoms in total. The Morgan fingerprint density at radius 3 is 2.67 bits per heavy atom. The Labute approximate surface area is 102 Å². The predicted molar refractivity (Wildman–Crippen MR) is 66.8 cm³/mol. The molecule has 0 unspecified atom stereocenters. The van der Waals surface area contributed by atoms with Crippen LogP contribution in [0.5, 0.6) is 0 Å². The van der Waals surface area contributed by atoms with Gasteiger partial charge in [0.15, 0.2) is 0 Å². The van der Waals surface area contributed by atoms with E-state index < -0.39 is 0 Å². The number of halogens is 2. The lowest BCUT2D eigenvalue weighted by molar-refractivity contribution is 0.877. The molecule has 1 atom stereocenters. The molecule has 78 valence electrons. The van der Waals surface area contributed by atoms with E-state index in [-0.39, 0.29) is 6.04 Å². The van der Waals surface area contributed by atoms with Crippen LogP contribution in [-0.2, 0) is 0 Å². The van der Waals surface area contributed by atoms with Gasteiger partial charge in [0.05, 0.1) is 16.1 Å². The molecule has 2 aromatic rings. The van der Waals surface area contributed by atoms with Crippen LogP contribution in [0.3, 0.4) is 0 Å². The number of rotatable bonds is 2. The third-order valence-corrected chi connectivity index (χ3v) is 3.75.